The van der Waals surface area contributed by atoms with Gasteiger partial charge in [-0.1, -0.05) is 17.7 Å². The summed E-state index contributed by atoms with van der Waals surface area (Å²) in [5.74, 6) is 0.213. The van der Waals surface area contributed by atoms with Gasteiger partial charge in [-0.25, -0.2) is 4.79 Å². The van der Waals surface area contributed by atoms with Crippen LogP contribution in [0.4, 0.5) is 11.4 Å². The third-order valence-corrected chi connectivity index (χ3v) is 3.54. The molecule has 2 aromatic rings. The molecule has 126 valence electrons. The van der Waals surface area contributed by atoms with Crippen molar-refractivity contribution in [3.05, 3.63) is 53.1 Å². The van der Waals surface area contributed by atoms with Gasteiger partial charge < -0.3 is 20.1 Å². The second-order valence-corrected chi connectivity index (χ2v) is 5.55. The summed E-state index contributed by atoms with van der Waals surface area (Å²) in [5.41, 5.74) is 1.86. The lowest BCUT2D eigenvalue weighted by Crippen LogP contribution is -2.19. The van der Waals surface area contributed by atoms with Crippen molar-refractivity contribution in [2.45, 2.75) is 6.92 Å². The van der Waals surface area contributed by atoms with E-state index >= 15 is 0 Å². The number of hydrogen-bond acceptors (Lipinski definition) is 4. The van der Waals surface area contributed by atoms with Crippen molar-refractivity contribution in [2.24, 2.45) is 0 Å². The van der Waals surface area contributed by atoms with Crippen LogP contribution >= 0.6 is 23.8 Å². The largest absolute Gasteiger partial charge is 0.495 e. The third kappa shape index (κ3) is 4.84. The Morgan fingerprint density at radius 2 is 1.88 bits per heavy atom. The number of halogens is 1. The molecule has 0 unspecified atom stereocenters. The first kappa shape index (κ1) is 18.0. The summed E-state index contributed by atoms with van der Waals surface area (Å²) >= 11 is 11.3. The van der Waals surface area contributed by atoms with Crippen LogP contribution in [0.15, 0.2) is 42.5 Å². The normalized spacial score (nSPS) is 9.96. The molecule has 0 aromatic heterocycles. The number of nitrogens with one attached hydrogen (secondary N) is 2. The van der Waals surface area contributed by atoms with Gasteiger partial charge in [0.25, 0.3) is 0 Å². The summed E-state index contributed by atoms with van der Waals surface area (Å²) in [6.07, 6.45) is 0. The number of ether oxygens (including phenoxy) is 2. The number of hydrogen-bond donors (Lipinski definition) is 2. The molecule has 0 spiro atoms. The number of carbonyl (C=O) groups excluding carboxylic acids is 1. The number of anilines is 2. The fourth-order valence-corrected chi connectivity index (χ4v) is 2.47. The molecule has 2 N–H and O–H groups in total. The molecule has 0 atom stereocenters. The fraction of sp³-hybridized carbons (Fsp3) is 0.176. The third-order valence-electron chi connectivity index (χ3n) is 3.04. The Morgan fingerprint density at radius 1 is 1.17 bits per heavy atom. The Bertz CT molecular complexity index is 752. The number of carbonyl (C=O) groups is 1. The van der Waals surface area contributed by atoms with Crippen molar-refractivity contribution in [1.29, 1.82) is 0 Å². The van der Waals surface area contributed by atoms with Crippen molar-refractivity contribution < 1.29 is 14.3 Å². The van der Waals surface area contributed by atoms with Gasteiger partial charge in [0.05, 0.1) is 24.3 Å². The smallest absolute Gasteiger partial charge is 0.338 e. The van der Waals surface area contributed by atoms with Crippen LogP contribution in [-0.4, -0.2) is 24.8 Å². The standard InChI is InChI=1S/C17H17ClN2O3S/c1-3-23-16(21)11-5-4-6-12(9-11)19-17(24)20-13-7-8-15(22-2)14(18)10-13/h4-10H,3H2,1-2H3,(H2,19,20,24). The van der Waals surface area contributed by atoms with Gasteiger partial charge in [-0.05, 0) is 55.5 Å². The van der Waals surface area contributed by atoms with E-state index in [2.05, 4.69) is 10.6 Å². The van der Waals surface area contributed by atoms with Crippen LogP contribution in [0.5, 0.6) is 5.75 Å². The maximum atomic E-state index is 11.7. The van der Waals surface area contributed by atoms with E-state index in [1.54, 1.807) is 56.5 Å². The topological polar surface area (TPSA) is 59.6 Å². The highest BCUT2D eigenvalue weighted by Gasteiger charge is 2.08. The highest BCUT2D eigenvalue weighted by atomic mass is 35.5. The van der Waals surface area contributed by atoms with Gasteiger partial charge in [-0.15, -0.1) is 0 Å². The molecular weight excluding hydrogens is 348 g/mol. The Labute approximate surface area is 150 Å². The maximum Gasteiger partial charge on any atom is 0.338 e. The monoisotopic (exact) mass is 364 g/mol. The minimum absolute atomic E-state index is 0.328. The molecule has 0 heterocycles. The molecule has 2 aromatic carbocycles. The number of methoxy groups -OCH3 is 1. The Kier molecular flexibility index (Phi) is 6.40. The average Bonchev–Trinajstić information content (AvgIpc) is 2.55. The lowest BCUT2D eigenvalue weighted by molar-refractivity contribution is 0.0526. The zero-order valence-corrected chi connectivity index (χ0v) is 14.8. The zero-order valence-electron chi connectivity index (χ0n) is 13.3. The number of benzene rings is 2. The molecule has 7 heteroatoms. The number of esters is 1. The summed E-state index contributed by atoms with van der Waals surface area (Å²) < 4.78 is 10.1. The van der Waals surface area contributed by atoms with E-state index in [1.807, 2.05) is 0 Å². The zero-order chi connectivity index (χ0) is 17.5. The van der Waals surface area contributed by atoms with Gasteiger partial charge in [0.15, 0.2) is 5.11 Å². The van der Waals surface area contributed by atoms with Gasteiger partial charge in [0, 0.05) is 11.4 Å². The molecule has 0 saturated carbocycles. The first-order chi connectivity index (χ1) is 11.5. The molecule has 24 heavy (non-hydrogen) atoms. The quantitative estimate of drug-likeness (QED) is 0.608. The van der Waals surface area contributed by atoms with Crippen LogP contribution < -0.4 is 15.4 Å². The Balaban J connectivity index is 2.03. The van der Waals surface area contributed by atoms with Gasteiger partial charge in [-0.2, -0.15) is 0 Å². The summed E-state index contributed by atoms with van der Waals surface area (Å²) in [6.45, 7) is 2.09. The molecule has 5 nitrogen and oxygen atoms in total. The van der Waals surface area contributed by atoms with Crippen LogP contribution in [0.1, 0.15) is 17.3 Å². The second-order valence-electron chi connectivity index (χ2n) is 4.73. The van der Waals surface area contributed by atoms with E-state index in [4.69, 9.17) is 33.3 Å². The summed E-state index contributed by atoms with van der Waals surface area (Å²) in [6, 6.07) is 12.2. The molecule has 0 aliphatic heterocycles. The van der Waals surface area contributed by atoms with Crippen molar-refractivity contribution in [3.63, 3.8) is 0 Å². The minimum Gasteiger partial charge on any atom is -0.495 e. The van der Waals surface area contributed by atoms with E-state index in [0.29, 0.717) is 33.7 Å². The summed E-state index contributed by atoms with van der Waals surface area (Å²) in [7, 11) is 1.55. The fourth-order valence-electron chi connectivity index (χ4n) is 1.98. The first-order valence-electron chi connectivity index (χ1n) is 7.22. The molecule has 0 bridgehead atoms. The first-order valence-corrected chi connectivity index (χ1v) is 8.01. The summed E-state index contributed by atoms with van der Waals surface area (Å²) in [4.78, 5) is 11.7. The molecular formula is C17H17ClN2O3S. The van der Waals surface area contributed by atoms with E-state index in [-0.39, 0.29) is 5.97 Å². The van der Waals surface area contributed by atoms with Crippen LogP contribution in [0.25, 0.3) is 0 Å². The molecule has 0 fully saturated rings. The van der Waals surface area contributed by atoms with E-state index in [0.717, 1.165) is 5.69 Å². The van der Waals surface area contributed by atoms with E-state index in [9.17, 15) is 4.79 Å². The number of thiocarbonyl (C=S) groups is 1. The Hall–Kier alpha value is -2.31. The van der Waals surface area contributed by atoms with Crippen molar-refractivity contribution in [1.82, 2.24) is 0 Å². The van der Waals surface area contributed by atoms with Gasteiger partial charge in [-0.3, -0.25) is 0 Å². The summed E-state index contributed by atoms with van der Waals surface area (Å²) in [5, 5.41) is 6.89. The van der Waals surface area contributed by atoms with Crippen molar-refractivity contribution in [2.75, 3.05) is 24.4 Å². The Morgan fingerprint density at radius 3 is 2.50 bits per heavy atom. The average molecular weight is 365 g/mol. The molecule has 0 aliphatic carbocycles. The molecule has 0 amide bonds. The van der Waals surface area contributed by atoms with Gasteiger partial charge >= 0.3 is 5.97 Å². The second kappa shape index (κ2) is 8.52. The predicted octanol–water partition coefficient (Wildman–Crippen LogP) is 4.33. The van der Waals surface area contributed by atoms with Crippen LogP contribution in [0.3, 0.4) is 0 Å². The lowest BCUT2D eigenvalue weighted by atomic mass is 10.2. The van der Waals surface area contributed by atoms with Crippen LogP contribution in [0, 0.1) is 0 Å². The predicted molar refractivity (Wildman–Crippen MR) is 100 cm³/mol. The van der Waals surface area contributed by atoms with E-state index < -0.39 is 0 Å². The highest BCUT2D eigenvalue weighted by Crippen LogP contribution is 2.27. The lowest BCUT2D eigenvalue weighted by Gasteiger charge is -2.12. The van der Waals surface area contributed by atoms with Crippen LogP contribution in [0.2, 0.25) is 5.02 Å². The molecule has 2 rings (SSSR count). The van der Waals surface area contributed by atoms with E-state index in [1.165, 1.54) is 0 Å². The van der Waals surface area contributed by atoms with Gasteiger partial charge in [0.1, 0.15) is 5.75 Å². The number of rotatable bonds is 5. The maximum absolute atomic E-state index is 11.7. The van der Waals surface area contributed by atoms with Crippen molar-refractivity contribution in [3.8, 4) is 5.75 Å². The highest BCUT2D eigenvalue weighted by molar-refractivity contribution is 7.80. The molecule has 0 radical (unpaired) electrons. The minimum atomic E-state index is -0.373. The van der Waals surface area contributed by atoms with Gasteiger partial charge in [0.2, 0.25) is 0 Å². The molecule has 0 saturated heterocycles. The molecule has 0 aliphatic rings. The van der Waals surface area contributed by atoms with Crippen molar-refractivity contribution >= 4 is 46.3 Å². The SMILES string of the molecule is CCOC(=O)c1cccc(NC(=S)Nc2ccc(OC)c(Cl)c2)c1. The van der Waals surface area contributed by atoms with Crippen LogP contribution in [-0.2, 0) is 4.74 Å².